The topological polar surface area (TPSA) is 36.4 Å². The van der Waals surface area contributed by atoms with Crippen molar-refractivity contribution in [2.24, 2.45) is 4.99 Å². The first-order valence-electron chi connectivity index (χ1n) is 9.89. The largest absolute Gasteiger partial charge is 0.348 e. The van der Waals surface area contributed by atoms with Gasteiger partial charge in [-0.1, -0.05) is 54.6 Å². The molecule has 0 spiro atoms. The molecule has 0 amide bonds. The number of nitrogens with one attached hydrogen (secondary N) is 2. The van der Waals surface area contributed by atoms with Gasteiger partial charge < -0.3 is 10.6 Å². The molecule has 1 heterocycles. The van der Waals surface area contributed by atoms with Crippen LogP contribution in [0.25, 0.3) is 5.57 Å². The number of fused-ring (bicyclic) bond motifs is 2. The molecule has 2 atom stereocenters. The van der Waals surface area contributed by atoms with Gasteiger partial charge >= 0.3 is 0 Å². The lowest BCUT2D eigenvalue weighted by atomic mass is 9.81. The number of benzene rings is 2. The first kappa shape index (κ1) is 17.4. The second kappa shape index (κ2) is 6.71. The number of rotatable bonds is 4. The molecule has 2 unspecified atom stereocenters. The highest BCUT2D eigenvalue weighted by Gasteiger charge is 2.44. The summed E-state index contributed by atoms with van der Waals surface area (Å²) in [5, 5.41) is 6.70. The average molecular weight is 373 g/mol. The average Bonchev–Trinajstić information content (AvgIpc) is 3.31. The van der Waals surface area contributed by atoms with Crippen LogP contribution in [0.15, 0.2) is 71.4 Å². The highest BCUT2D eigenvalue weighted by Crippen LogP contribution is 2.40. The molecule has 0 radical (unpaired) electrons. The molecule has 0 bridgehead atoms. The predicted molar refractivity (Wildman–Crippen MR) is 112 cm³/mol. The third kappa shape index (κ3) is 2.89. The maximum Gasteiger partial charge on any atom is 0.156 e. The van der Waals surface area contributed by atoms with Crippen LogP contribution in [0.4, 0.5) is 4.39 Å². The molecule has 4 heteroatoms. The normalized spacial score (nSPS) is 25.7. The zero-order chi connectivity index (χ0) is 19.1. The van der Waals surface area contributed by atoms with Crippen LogP contribution < -0.4 is 10.6 Å². The van der Waals surface area contributed by atoms with Crippen LogP contribution in [0.5, 0.6) is 0 Å². The van der Waals surface area contributed by atoms with Crippen LogP contribution in [-0.4, -0.2) is 24.1 Å². The third-order valence-corrected chi connectivity index (χ3v) is 6.23. The molecule has 5 rings (SSSR count). The van der Waals surface area contributed by atoms with E-state index >= 15 is 4.39 Å². The summed E-state index contributed by atoms with van der Waals surface area (Å²) in [6, 6.07) is 17.4. The molecule has 2 N–H and O–H groups in total. The lowest BCUT2D eigenvalue weighted by Crippen LogP contribution is -2.39. The number of allylic oxidation sites excluding steroid dienone is 2. The number of hydrogen-bond acceptors (Lipinski definition) is 3. The second-order valence-electron chi connectivity index (χ2n) is 8.07. The van der Waals surface area contributed by atoms with Gasteiger partial charge in [-0.2, -0.15) is 0 Å². The lowest BCUT2D eigenvalue weighted by Gasteiger charge is -2.31. The van der Waals surface area contributed by atoms with Crippen LogP contribution in [0.3, 0.4) is 0 Å². The molecule has 142 valence electrons. The Hall–Kier alpha value is -2.72. The lowest BCUT2D eigenvalue weighted by molar-refractivity contribution is 0.298. The molecular weight excluding hydrogens is 349 g/mol. The quantitative estimate of drug-likeness (QED) is 0.851. The fraction of sp³-hybridized carbons (Fsp3) is 0.292. The van der Waals surface area contributed by atoms with E-state index in [1.165, 1.54) is 16.7 Å². The van der Waals surface area contributed by atoms with E-state index in [0.29, 0.717) is 11.6 Å². The maximum absolute atomic E-state index is 15.2. The molecule has 0 fully saturated rings. The molecule has 0 aromatic heterocycles. The van der Waals surface area contributed by atoms with Crippen molar-refractivity contribution in [2.75, 3.05) is 0 Å². The molecule has 2 aliphatic carbocycles. The summed E-state index contributed by atoms with van der Waals surface area (Å²) in [6.45, 7) is 2.66. The standard InChI is InChI=1S/C24H24FN3/c1-24-22(27-15-28-24)11-10-21(23(24)25)17-8-6-16(7-9-17)14-26-20-12-18-4-2-3-5-19(18)13-20/h2-11,15,20,23,26H,12-14H2,1H3,(H,27,28). The van der Waals surface area contributed by atoms with E-state index in [9.17, 15) is 0 Å². The molecule has 2 aromatic carbocycles. The zero-order valence-electron chi connectivity index (χ0n) is 16.0. The van der Waals surface area contributed by atoms with Crippen molar-refractivity contribution in [1.82, 2.24) is 10.6 Å². The molecule has 2 aromatic rings. The van der Waals surface area contributed by atoms with Gasteiger partial charge in [0.1, 0.15) is 5.54 Å². The Morgan fingerprint density at radius 3 is 2.50 bits per heavy atom. The Bertz CT molecular complexity index is 964. The molecule has 0 saturated carbocycles. The maximum atomic E-state index is 15.2. The Morgan fingerprint density at radius 1 is 1.07 bits per heavy atom. The number of alkyl halides is 1. The first-order chi connectivity index (χ1) is 13.6. The van der Waals surface area contributed by atoms with Gasteiger partial charge in [0.15, 0.2) is 6.17 Å². The number of halogens is 1. The minimum Gasteiger partial charge on any atom is -0.348 e. The summed E-state index contributed by atoms with van der Waals surface area (Å²) in [4.78, 5) is 4.32. The molecular formula is C24H24FN3. The van der Waals surface area contributed by atoms with E-state index in [0.717, 1.165) is 30.6 Å². The van der Waals surface area contributed by atoms with Gasteiger partial charge in [0.05, 0.1) is 6.34 Å². The van der Waals surface area contributed by atoms with Crippen molar-refractivity contribution in [3.63, 3.8) is 0 Å². The molecule has 28 heavy (non-hydrogen) atoms. The van der Waals surface area contributed by atoms with Crippen molar-refractivity contribution in [1.29, 1.82) is 0 Å². The minimum atomic E-state index is -1.15. The van der Waals surface area contributed by atoms with Gasteiger partial charge in [0, 0.05) is 18.3 Å². The van der Waals surface area contributed by atoms with Gasteiger partial charge in [0.2, 0.25) is 0 Å². The summed E-state index contributed by atoms with van der Waals surface area (Å²) in [7, 11) is 0. The van der Waals surface area contributed by atoms with Crippen LogP contribution >= 0.6 is 0 Å². The fourth-order valence-corrected chi connectivity index (χ4v) is 4.45. The summed E-state index contributed by atoms with van der Waals surface area (Å²) >= 11 is 0. The fourth-order valence-electron chi connectivity index (χ4n) is 4.45. The van der Waals surface area contributed by atoms with E-state index in [-0.39, 0.29) is 0 Å². The van der Waals surface area contributed by atoms with E-state index in [4.69, 9.17) is 0 Å². The van der Waals surface area contributed by atoms with Crippen LogP contribution in [-0.2, 0) is 19.4 Å². The molecule has 0 saturated heterocycles. The Morgan fingerprint density at radius 2 is 1.79 bits per heavy atom. The molecule has 1 aliphatic heterocycles. The third-order valence-electron chi connectivity index (χ3n) is 6.23. The Balaban J connectivity index is 1.25. The summed E-state index contributed by atoms with van der Waals surface area (Å²) in [5.74, 6) is 0. The summed E-state index contributed by atoms with van der Waals surface area (Å²) in [5.41, 5.74) is 5.73. The van der Waals surface area contributed by atoms with Gasteiger partial charge in [-0.3, -0.25) is 4.99 Å². The van der Waals surface area contributed by atoms with Gasteiger partial charge in [-0.15, -0.1) is 0 Å². The zero-order valence-corrected chi connectivity index (χ0v) is 16.0. The van der Waals surface area contributed by atoms with Gasteiger partial charge in [-0.05, 0) is 53.7 Å². The van der Waals surface area contributed by atoms with Crippen molar-refractivity contribution >= 4 is 11.9 Å². The van der Waals surface area contributed by atoms with Crippen LogP contribution in [0.1, 0.15) is 29.2 Å². The van der Waals surface area contributed by atoms with Crippen molar-refractivity contribution < 1.29 is 4.39 Å². The second-order valence-corrected chi connectivity index (χ2v) is 8.07. The monoisotopic (exact) mass is 373 g/mol. The van der Waals surface area contributed by atoms with Crippen molar-refractivity contribution in [3.8, 4) is 0 Å². The SMILES string of the molecule is CC12N=CNC1=CC=C(c1ccc(CNC3Cc4ccccc4C3)cc1)C2F. The van der Waals surface area contributed by atoms with E-state index in [1.54, 1.807) is 6.34 Å². The van der Waals surface area contributed by atoms with E-state index in [1.807, 2.05) is 31.2 Å². The summed E-state index contributed by atoms with van der Waals surface area (Å²) in [6.07, 6.45) is 6.42. The van der Waals surface area contributed by atoms with Gasteiger partial charge in [0.25, 0.3) is 0 Å². The van der Waals surface area contributed by atoms with Crippen LogP contribution in [0.2, 0.25) is 0 Å². The predicted octanol–water partition coefficient (Wildman–Crippen LogP) is 3.95. The van der Waals surface area contributed by atoms with Crippen molar-refractivity contribution in [3.05, 3.63) is 88.6 Å². The smallest absolute Gasteiger partial charge is 0.156 e. The molecule has 3 nitrogen and oxygen atoms in total. The van der Waals surface area contributed by atoms with Gasteiger partial charge in [-0.25, -0.2) is 4.39 Å². The first-order valence-corrected chi connectivity index (χ1v) is 9.89. The van der Waals surface area contributed by atoms with Crippen LogP contribution in [0, 0.1) is 0 Å². The molecule has 3 aliphatic rings. The number of nitrogens with zero attached hydrogens (tertiary/aromatic N) is 1. The van der Waals surface area contributed by atoms with Crippen molar-refractivity contribution in [2.45, 2.75) is 44.1 Å². The summed E-state index contributed by atoms with van der Waals surface area (Å²) < 4.78 is 15.2. The van der Waals surface area contributed by atoms with E-state index in [2.05, 4.69) is 52.0 Å². The highest BCUT2D eigenvalue weighted by molar-refractivity contribution is 5.78. The highest BCUT2D eigenvalue weighted by atomic mass is 19.1. The van der Waals surface area contributed by atoms with E-state index < -0.39 is 11.7 Å². The Kier molecular flexibility index (Phi) is 4.17. The Labute approximate surface area is 165 Å². The minimum absolute atomic E-state index is 0.490. The number of aliphatic imine (C=N–C) groups is 1. The number of hydrogen-bond donors (Lipinski definition) is 2.